The number of halogens is 1. The first kappa shape index (κ1) is 17.7. The van der Waals surface area contributed by atoms with Crippen molar-refractivity contribution in [1.82, 2.24) is 5.32 Å². The molecule has 1 rings (SSSR count). The van der Waals surface area contributed by atoms with E-state index in [-0.39, 0.29) is 47.9 Å². The van der Waals surface area contributed by atoms with Crippen LogP contribution in [0.15, 0.2) is 35.3 Å². The molecule has 19 heavy (non-hydrogen) atoms. The monoisotopic (exact) mass is 376 g/mol. The van der Waals surface area contributed by atoms with Gasteiger partial charge in [0.2, 0.25) is 5.91 Å². The fourth-order valence-electron chi connectivity index (χ4n) is 1.32. The molecule has 0 bridgehead atoms. The number of carbonyl (C=O) groups is 1. The Morgan fingerprint density at radius 2 is 1.84 bits per heavy atom. The molecule has 1 aromatic carbocycles. The summed E-state index contributed by atoms with van der Waals surface area (Å²) < 4.78 is 0. The van der Waals surface area contributed by atoms with Gasteiger partial charge < -0.3 is 16.4 Å². The highest BCUT2D eigenvalue weighted by molar-refractivity contribution is 14.0. The van der Waals surface area contributed by atoms with Crippen molar-refractivity contribution in [2.45, 2.75) is 26.3 Å². The molecule has 0 aliphatic heterocycles. The number of hydrogen-bond acceptors (Lipinski definition) is 2. The largest absolute Gasteiger partial charge is 0.370 e. The van der Waals surface area contributed by atoms with Gasteiger partial charge in [-0.05, 0) is 32.9 Å². The Balaban J connectivity index is 0.00000324. The van der Waals surface area contributed by atoms with Crippen LogP contribution in [0.4, 0.5) is 5.69 Å². The molecule has 0 aliphatic carbocycles. The van der Waals surface area contributed by atoms with Gasteiger partial charge in [0, 0.05) is 11.2 Å². The van der Waals surface area contributed by atoms with Crippen molar-refractivity contribution >= 4 is 41.5 Å². The van der Waals surface area contributed by atoms with Crippen LogP contribution >= 0.6 is 24.0 Å². The van der Waals surface area contributed by atoms with Crippen molar-refractivity contribution in [3.05, 3.63) is 30.3 Å². The van der Waals surface area contributed by atoms with Gasteiger partial charge in [-0.2, -0.15) is 0 Å². The molecular formula is C13H21IN4O. The minimum Gasteiger partial charge on any atom is -0.370 e. The van der Waals surface area contributed by atoms with Crippen LogP contribution in [0.5, 0.6) is 0 Å². The normalized spacial score (nSPS) is 11.4. The summed E-state index contributed by atoms with van der Waals surface area (Å²) in [5.74, 6) is 0.0746. The number of para-hydroxylation sites is 1. The van der Waals surface area contributed by atoms with E-state index < -0.39 is 0 Å². The van der Waals surface area contributed by atoms with Crippen molar-refractivity contribution in [3.8, 4) is 0 Å². The van der Waals surface area contributed by atoms with Crippen molar-refractivity contribution in [2.24, 2.45) is 10.7 Å². The molecule has 5 nitrogen and oxygen atoms in total. The Morgan fingerprint density at radius 3 is 2.37 bits per heavy atom. The number of amides is 1. The molecule has 0 aliphatic rings. The second-order valence-corrected chi connectivity index (χ2v) is 4.99. The third kappa shape index (κ3) is 8.41. The highest BCUT2D eigenvalue weighted by Gasteiger charge is 2.12. The predicted molar refractivity (Wildman–Crippen MR) is 89.9 cm³/mol. The van der Waals surface area contributed by atoms with E-state index in [2.05, 4.69) is 15.6 Å². The Labute approximate surface area is 131 Å². The number of rotatable bonds is 3. The van der Waals surface area contributed by atoms with Crippen LogP contribution in [0.3, 0.4) is 0 Å². The number of hydrogen-bond donors (Lipinski definition) is 3. The summed E-state index contributed by atoms with van der Waals surface area (Å²) in [6, 6.07) is 9.44. The maximum absolute atomic E-state index is 11.5. The Morgan fingerprint density at radius 1 is 1.26 bits per heavy atom. The second kappa shape index (κ2) is 7.98. The van der Waals surface area contributed by atoms with Gasteiger partial charge in [0.15, 0.2) is 5.96 Å². The summed E-state index contributed by atoms with van der Waals surface area (Å²) in [5.41, 5.74) is 6.26. The van der Waals surface area contributed by atoms with Crippen LogP contribution in [0.1, 0.15) is 20.8 Å². The highest BCUT2D eigenvalue weighted by atomic mass is 127. The molecule has 0 saturated carbocycles. The van der Waals surface area contributed by atoms with E-state index in [1.807, 2.05) is 51.1 Å². The summed E-state index contributed by atoms with van der Waals surface area (Å²) >= 11 is 0. The third-order valence-corrected chi connectivity index (χ3v) is 1.95. The van der Waals surface area contributed by atoms with Gasteiger partial charge >= 0.3 is 0 Å². The smallest absolute Gasteiger partial charge is 0.242 e. The van der Waals surface area contributed by atoms with Crippen molar-refractivity contribution in [3.63, 3.8) is 0 Å². The number of benzene rings is 1. The van der Waals surface area contributed by atoms with Crippen LogP contribution in [0.2, 0.25) is 0 Å². The zero-order valence-electron chi connectivity index (χ0n) is 11.4. The summed E-state index contributed by atoms with van der Waals surface area (Å²) in [5, 5.41) is 5.72. The number of guanidine groups is 1. The summed E-state index contributed by atoms with van der Waals surface area (Å²) in [6.45, 7) is 5.77. The average molecular weight is 376 g/mol. The third-order valence-electron chi connectivity index (χ3n) is 1.95. The lowest BCUT2D eigenvalue weighted by Gasteiger charge is -2.19. The number of carbonyl (C=O) groups excluding carboxylic acids is 1. The van der Waals surface area contributed by atoms with E-state index in [0.29, 0.717) is 0 Å². The minimum absolute atomic E-state index is 0. The molecule has 0 radical (unpaired) electrons. The SMILES string of the molecule is CC(C)(C)NC(=O)CN=C(N)Nc1ccccc1.I. The van der Waals surface area contributed by atoms with Gasteiger partial charge in [-0.25, -0.2) is 4.99 Å². The lowest BCUT2D eigenvalue weighted by Crippen LogP contribution is -2.42. The van der Waals surface area contributed by atoms with Crippen LogP contribution in [0, 0.1) is 0 Å². The minimum atomic E-state index is -0.256. The predicted octanol–water partition coefficient (Wildman–Crippen LogP) is 1.95. The van der Waals surface area contributed by atoms with E-state index >= 15 is 0 Å². The maximum Gasteiger partial charge on any atom is 0.242 e. The first-order valence-corrected chi connectivity index (χ1v) is 5.80. The average Bonchev–Trinajstić information content (AvgIpc) is 2.25. The summed E-state index contributed by atoms with van der Waals surface area (Å²) in [7, 11) is 0. The van der Waals surface area contributed by atoms with Gasteiger partial charge in [0.1, 0.15) is 6.54 Å². The molecule has 4 N–H and O–H groups in total. The number of anilines is 1. The molecule has 0 fully saturated rings. The van der Waals surface area contributed by atoms with E-state index in [1.54, 1.807) is 0 Å². The van der Waals surface area contributed by atoms with E-state index in [1.165, 1.54) is 0 Å². The number of aliphatic imine (C=N–C) groups is 1. The van der Waals surface area contributed by atoms with Crippen molar-refractivity contribution in [2.75, 3.05) is 11.9 Å². The van der Waals surface area contributed by atoms with Crippen LogP contribution in [0.25, 0.3) is 0 Å². The number of nitrogens with one attached hydrogen (secondary N) is 2. The topological polar surface area (TPSA) is 79.5 Å². The molecule has 0 atom stereocenters. The van der Waals surface area contributed by atoms with Gasteiger partial charge in [-0.1, -0.05) is 18.2 Å². The van der Waals surface area contributed by atoms with Gasteiger partial charge in [-0.3, -0.25) is 4.79 Å². The van der Waals surface area contributed by atoms with Crippen molar-refractivity contribution < 1.29 is 4.79 Å². The quantitative estimate of drug-likeness (QED) is 0.429. The molecule has 0 unspecified atom stereocenters. The second-order valence-electron chi connectivity index (χ2n) is 4.99. The molecule has 0 aromatic heterocycles. The Hall–Kier alpha value is -1.31. The summed E-state index contributed by atoms with van der Waals surface area (Å²) in [6.07, 6.45) is 0. The molecule has 106 valence electrons. The standard InChI is InChI=1S/C13H20N4O.HI/c1-13(2,3)17-11(18)9-15-12(14)16-10-7-5-4-6-8-10;/h4-8H,9H2,1-3H3,(H,17,18)(H3,14,15,16);1H. The zero-order chi connectivity index (χ0) is 13.6. The molecule has 6 heteroatoms. The lowest BCUT2D eigenvalue weighted by molar-refractivity contribution is -0.121. The molecule has 1 aromatic rings. The van der Waals surface area contributed by atoms with E-state index in [4.69, 9.17) is 5.73 Å². The molecular weight excluding hydrogens is 355 g/mol. The lowest BCUT2D eigenvalue weighted by atomic mass is 10.1. The van der Waals surface area contributed by atoms with Gasteiger partial charge in [0.05, 0.1) is 0 Å². The number of nitrogens with zero attached hydrogens (tertiary/aromatic N) is 1. The first-order valence-electron chi connectivity index (χ1n) is 5.80. The first-order chi connectivity index (χ1) is 8.37. The fraction of sp³-hybridized carbons (Fsp3) is 0.385. The number of nitrogens with two attached hydrogens (primary N) is 1. The highest BCUT2D eigenvalue weighted by Crippen LogP contribution is 2.03. The Kier molecular flexibility index (Phi) is 7.43. The van der Waals surface area contributed by atoms with Crippen LogP contribution < -0.4 is 16.4 Å². The van der Waals surface area contributed by atoms with E-state index in [9.17, 15) is 4.79 Å². The van der Waals surface area contributed by atoms with E-state index in [0.717, 1.165) is 5.69 Å². The Bertz CT molecular complexity index is 426. The van der Waals surface area contributed by atoms with Crippen molar-refractivity contribution in [1.29, 1.82) is 0 Å². The van der Waals surface area contributed by atoms with Gasteiger partial charge in [-0.15, -0.1) is 24.0 Å². The maximum atomic E-state index is 11.5. The van der Waals surface area contributed by atoms with Crippen LogP contribution in [-0.4, -0.2) is 24.0 Å². The molecule has 0 saturated heterocycles. The zero-order valence-corrected chi connectivity index (χ0v) is 13.8. The molecule has 0 spiro atoms. The summed E-state index contributed by atoms with van der Waals surface area (Å²) in [4.78, 5) is 15.5. The molecule has 0 heterocycles. The fourth-order valence-corrected chi connectivity index (χ4v) is 1.32. The van der Waals surface area contributed by atoms with Gasteiger partial charge in [0.25, 0.3) is 0 Å². The molecule has 1 amide bonds. The van der Waals surface area contributed by atoms with Crippen LogP contribution in [-0.2, 0) is 4.79 Å².